The lowest BCUT2D eigenvalue weighted by Crippen LogP contribution is -2.31. The summed E-state index contributed by atoms with van der Waals surface area (Å²) in [6, 6.07) is 3.51. The molecule has 0 amide bonds. The highest BCUT2D eigenvalue weighted by atomic mass is 15.2. The number of nitrogens with two attached hydrogens (primary N) is 1. The van der Waals surface area contributed by atoms with Gasteiger partial charge in [0, 0.05) is 0 Å². The van der Waals surface area contributed by atoms with Crippen LogP contribution in [-0.4, -0.2) is 17.0 Å². The third kappa shape index (κ3) is 4.84. The van der Waals surface area contributed by atoms with Gasteiger partial charge in [-0.15, -0.1) is 0 Å². The summed E-state index contributed by atoms with van der Waals surface area (Å²) in [5.41, 5.74) is 6.25. The number of nitriles is 1. The van der Waals surface area contributed by atoms with Gasteiger partial charge in [-0.1, -0.05) is 20.8 Å². The van der Waals surface area contributed by atoms with Crippen LogP contribution in [0.2, 0.25) is 0 Å². The molecule has 1 heterocycles. The number of hydrogen-bond acceptors (Lipinski definition) is 4. The molecule has 0 spiro atoms. The second-order valence-corrected chi connectivity index (χ2v) is 5.35. The van der Waals surface area contributed by atoms with Crippen molar-refractivity contribution in [2.24, 2.45) is 10.4 Å². The Balaban J connectivity index is 2.87. The first-order valence-corrected chi connectivity index (χ1v) is 6.04. The van der Waals surface area contributed by atoms with Crippen molar-refractivity contribution in [3.05, 3.63) is 18.3 Å². The third-order valence-corrected chi connectivity index (χ3v) is 2.80. The van der Waals surface area contributed by atoms with Crippen LogP contribution in [-0.2, 0) is 0 Å². The number of aromatic nitrogens is 1. The van der Waals surface area contributed by atoms with Crippen LogP contribution in [0.25, 0.3) is 0 Å². The van der Waals surface area contributed by atoms with Crippen molar-refractivity contribution in [3.63, 3.8) is 0 Å². The number of nitrogen functional groups attached to an aromatic ring is 1. The van der Waals surface area contributed by atoms with E-state index in [0.717, 1.165) is 5.69 Å². The Hall–Kier alpha value is -2.29. The number of hydrogen-bond donors (Lipinski definition) is 3. The summed E-state index contributed by atoms with van der Waals surface area (Å²) in [6.07, 6.45) is 3.46. The van der Waals surface area contributed by atoms with Crippen LogP contribution < -0.4 is 16.4 Å². The standard InChI is InChI=1S/C13H20N6/c1-9(13(2,3)4)18-12(17-8-14)19-10-5-6-11(15)16-7-10/h5-7,9H,1-4H3,(H2,15,16)(H2,17,18,19)/t9-/m1/s1. The normalized spacial score (nSPS) is 13.5. The summed E-state index contributed by atoms with van der Waals surface area (Å²) in [5, 5.41) is 14.3. The molecule has 102 valence electrons. The first-order chi connectivity index (χ1) is 8.82. The summed E-state index contributed by atoms with van der Waals surface area (Å²) in [4.78, 5) is 8.44. The zero-order valence-corrected chi connectivity index (χ0v) is 11.7. The van der Waals surface area contributed by atoms with E-state index in [-0.39, 0.29) is 11.5 Å². The molecular formula is C13H20N6. The Labute approximate surface area is 113 Å². The van der Waals surface area contributed by atoms with Crippen molar-refractivity contribution < 1.29 is 0 Å². The van der Waals surface area contributed by atoms with Crippen LogP contribution in [0.15, 0.2) is 23.3 Å². The van der Waals surface area contributed by atoms with Gasteiger partial charge in [-0.25, -0.2) is 9.98 Å². The maximum absolute atomic E-state index is 8.76. The number of anilines is 2. The average molecular weight is 260 g/mol. The van der Waals surface area contributed by atoms with Crippen molar-refractivity contribution in [2.75, 3.05) is 11.1 Å². The lowest BCUT2D eigenvalue weighted by atomic mass is 9.88. The lowest BCUT2D eigenvalue weighted by molar-refractivity contribution is 0.341. The van der Waals surface area contributed by atoms with Gasteiger partial charge in [-0.2, -0.15) is 5.26 Å². The SMILES string of the molecule is C[C@@H](N=C(NC#N)Nc1ccc(N)nc1)C(C)(C)C. The maximum Gasteiger partial charge on any atom is 0.209 e. The summed E-state index contributed by atoms with van der Waals surface area (Å²) in [6.45, 7) is 8.28. The molecule has 6 heteroatoms. The Morgan fingerprint density at radius 3 is 2.63 bits per heavy atom. The molecule has 0 aliphatic heterocycles. The summed E-state index contributed by atoms with van der Waals surface area (Å²) in [7, 11) is 0. The molecule has 0 fully saturated rings. The molecule has 0 aromatic carbocycles. The zero-order valence-electron chi connectivity index (χ0n) is 11.7. The molecule has 4 N–H and O–H groups in total. The number of aliphatic imine (C=N–C) groups is 1. The molecule has 1 aromatic rings. The van der Waals surface area contributed by atoms with Gasteiger partial charge in [0.05, 0.1) is 17.9 Å². The van der Waals surface area contributed by atoms with E-state index in [4.69, 9.17) is 11.0 Å². The molecule has 0 aliphatic rings. The molecule has 1 rings (SSSR count). The van der Waals surface area contributed by atoms with Gasteiger partial charge in [0.15, 0.2) is 6.19 Å². The number of pyridine rings is 1. The van der Waals surface area contributed by atoms with Crippen LogP contribution in [0.3, 0.4) is 0 Å². The van der Waals surface area contributed by atoms with Gasteiger partial charge in [0.25, 0.3) is 0 Å². The highest BCUT2D eigenvalue weighted by Gasteiger charge is 2.19. The van der Waals surface area contributed by atoms with E-state index in [0.29, 0.717) is 11.8 Å². The minimum Gasteiger partial charge on any atom is -0.384 e. The van der Waals surface area contributed by atoms with Gasteiger partial charge in [-0.05, 0) is 24.5 Å². The zero-order chi connectivity index (χ0) is 14.5. The van der Waals surface area contributed by atoms with Gasteiger partial charge < -0.3 is 11.1 Å². The van der Waals surface area contributed by atoms with E-state index < -0.39 is 0 Å². The number of nitrogens with zero attached hydrogens (tertiary/aromatic N) is 3. The summed E-state index contributed by atoms with van der Waals surface area (Å²) in [5.74, 6) is 0.844. The third-order valence-electron chi connectivity index (χ3n) is 2.80. The maximum atomic E-state index is 8.76. The fourth-order valence-electron chi connectivity index (χ4n) is 1.15. The van der Waals surface area contributed by atoms with Crippen molar-refractivity contribution in [2.45, 2.75) is 33.7 Å². The van der Waals surface area contributed by atoms with E-state index >= 15 is 0 Å². The van der Waals surface area contributed by atoms with Crippen molar-refractivity contribution >= 4 is 17.5 Å². The van der Waals surface area contributed by atoms with Crippen LogP contribution >= 0.6 is 0 Å². The first-order valence-electron chi connectivity index (χ1n) is 6.04. The fourth-order valence-corrected chi connectivity index (χ4v) is 1.15. The van der Waals surface area contributed by atoms with E-state index in [1.165, 1.54) is 0 Å². The Morgan fingerprint density at radius 1 is 1.47 bits per heavy atom. The molecule has 1 atom stereocenters. The molecule has 0 saturated carbocycles. The van der Waals surface area contributed by atoms with E-state index in [9.17, 15) is 0 Å². The van der Waals surface area contributed by atoms with Crippen molar-refractivity contribution in [3.8, 4) is 6.19 Å². The molecule has 0 radical (unpaired) electrons. The van der Waals surface area contributed by atoms with Crippen molar-refractivity contribution in [1.29, 1.82) is 5.26 Å². The molecule has 0 unspecified atom stereocenters. The molecule has 0 bridgehead atoms. The largest absolute Gasteiger partial charge is 0.384 e. The van der Waals surface area contributed by atoms with E-state index in [1.807, 2.05) is 13.1 Å². The van der Waals surface area contributed by atoms with Gasteiger partial charge >= 0.3 is 0 Å². The molecule has 19 heavy (non-hydrogen) atoms. The number of guanidine groups is 1. The Kier molecular flexibility index (Phi) is 4.70. The molecule has 0 aliphatic carbocycles. The highest BCUT2D eigenvalue weighted by molar-refractivity contribution is 5.94. The lowest BCUT2D eigenvalue weighted by Gasteiger charge is -2.24. The van der Waals surface area contributed by atoms with Gasteiger partial charge in [0.1, 0.15) is 5.82 Å². The van der Waals surface area contributed by atoms with Crippen LogP contribution in [0.5, 0.6) is 0 Å². The quantitative estimate of drug-likeness (QED) is 0.326. The van der Waals surface area contributed by atoms with Crippen molar-refractivity contribution in [1.82, 2.24) is 10.3 Å². The average Bonchev–Trinajstić information content (AvgIpc) is 2.31. The van der Waals surface area contributed by atoms with Crippen LogP contribution in [0.1, 0.15) is 27.7 Å². The highest BCUT2D eigenvalue weighted by Crippen LogP contribution is 2.21. The van der Waals surface area contributed by atoms with Gasteiger partial charge in [-0.3, -0.25) is 5.32 Å². The molecule has 6 nitrogen and oxygen atoms in total. The molecule has 1 aromatic heterocycles. The minimum atomic E-state index is 0.0173. The van der Waals surface area contributed by atoms with E-state index in [2.05, 4.69) is 41.4 Å². The van der Waals surface area contributed by atoms with E-state index in [1.54, 1.807) is 18.3 Å². The topological polar surface area (TPSA) is 99.1 Å². The summed E-state index contributed by atoms with van der Waals surface area (Å²) < 4.78 is 0. The van der Waals surface area contributed by atoms with Gasteiger partial charge in [0.2, 0.25) is 5.96 Å². The summed E-state index contributed by atoms with van der Waals surface area (Å²) >= 11 is 0. The van der Waals surface area contributed by atoms with Crippen LogP contribution in [0, 0.1) is 16.9 Å². The first kappa shape index (κ1) is 14.8. The number of rotatable bonds is 2. The number of nitrogens with one attached hydrogen (secondary N) is 2. The molecular weight excluding hydrogens is 240 g/mol. The second-order valence-electron chi connectivity index (χ2n) is 5.35. The predicted molar refractivity (Wildman–Crippen MR) is 77.4 cm³/mol. The second kappa shape index (κ2) is 6.05. The van der Waals surface area contributed by atoms with Crippen LogP contribution in [0.4, 0.5) is 11.5 Å². The fraction of sp³-hybridized carbons (Fsp3) is 0.462. The smallest absolute Gasteiger partial charge is 0.209 e. The Bertz CT molecular complexity index is 477. The predicted octanol–water partition coefficient (Wildman–Crippen LogP) is 1.94. The molecule has 0 saturated heterocycles. The monoisotopic (exact) mass is 260 g/mol. The minimum absolute atomic E-state index is 0.0173. The Morgan fingerprint density at radius 2 is 2.16 bits per heavy atom.